The summed E-state index contributed by atoms with van der Waals surface area (Å²) in [6, 6.07) is 0. The van der Waals surface area contributed by atoms with Crippen molar-refractivity contribution in [2.75, 3.05) is 13.2 Å². The van der Waals surface area contributed by atoms with Gasteiger partial charge in [0.15, 0.2) is 5.69 Å². The average Bonchev–Trinajstić information content (AvgIpc) is 2.54. The molecule has 1 N–H and O–H groups in total. The van der Waals surface area contributed by atoms with E-state index in [2.05, 4.69) is 24.2 Å². The zero-order valence-corrected chi connectivity index (χ0v) is 9.80. The van der Waals surface area contributed by atoms with Crippen LogP contribution < -0.4 is 0 Å². The van der Waals surface area contributed by atoms with Gasteiger partial charge in [-0.25, -0.2) is 9.48 Å². The summed E-state index contributed by atoms with van der Waals surface area (Å²) in [5.41, 5.74) is 0.560. The van der Waals surface area contributed by atoms with Crippen LogP contribution in [-0.2, 0) is 11.3 Å². The quantitative estimate of drug-likeness (QED) is 0.732. The second kappa shape index (κ2) is 5.60. The fourth-order valence-electron chi connectivity index (χ4n) is 1.24. The standard InChI is InChI=1S/C10H17N3O3/c1-7(2)6-16-5-4-13-8(3)9(10(14)15)11-12-13/h7H,4-6H2,1-3H3,(H,14,15). The van der Waals surface area contributed by atoms with Crippen LogP contribution >= 0.6 is 0 Å². The van der Waals surface area contributed by atoms with E-state index in [4.69, 9.17) is 9.84 Å². The average molecular weight is 227 g/mol. The van der Waals surface area contributed by atoms with Gasteiger partial charge in [0.25, 0.3) is 0 Å². The highest BCUT2D eigenvalue weighted by molar-refractivity contribution is 5.86. The normalized spacial score (nSPS) is 11.0. The minimum Gasteiger partial charge on any atom is -0.476 e. The van der Waals surface area contributed by atoms with Crippen molar-refractivity contribution in [1.82, 2.24) is 15.0 Å². The molecule has 0 saturated heterocycles. The maximum Gasteiger partial charge on any atom is 0.358 e. The van der Waals surface area contributed by atoms with Crippen LogP contribution in [0.1, 0.15) is 30.0 Å². The van der Waals surface area contributed by atoms with Crippen molar-refractivity contribution in [1.29, 1.82) is 0 Å². The lowest BCUT2D eigenvalue weighted by atomic mass is 10.2. The minimum atomic E-state index is -1.05. The fraction of sp³-hybridized carbons (Fsp3) is 0.700. The molecule has 0 amide bonds. The molecule has 1 rings (SSSR count). The van der Waals surface area contributed by atoms with Crippen LogP contribution in [0, 0.1) is 12.8 Å². The van der Waals surface area contributed by atoms with E-state index in [-0.39, 0.29) is 5.69 Å². The summed E-state index contributed by atoms with van der Waals surface area (Å²) in [6.07, 6.45) is 0. The predicted octanol–water partition coefficient (Wildman–Crippen LogP) is 0.957. The molecule has 16 heavy (non-hydrogen) atoms. The molecule has 0 aliphatic rings. The molecule has 0 fully saturated rings. The van der Waals surface area contributed by atoms with E-state index in [0.29, 0.717) is 31.4 Å². The maximum absolute atomic E-state index is 10.7. The summed E-state index contributed by atoms with van der Waals surface area (Å²) in [7, 11) is 0. The van der Waals surface area contributed by atoms with Crippen molar-refractivity contribution >= 4 is 5.97 Å². The third kappa shape index (κ3) is 3.30. The van der Waals surface area contributed by atoms with Gasteiger partial charge in [-0.15, -0.1) is 5.10 Å². The smallest absolute Gasteiger partial charge is 0.358 e. The Hall–Kier alpha value is -1.43. The molecule has 6 heteroatoms. The predicted molar refractivity (Wildman–Crippen MR) is 57.4 cm³/mol. The van der Waals surface area contributed by atoms with Gasteiger partial charge in [0.2, 0.25) is 0 Å². The molecule has 0 aliphatic heterocycles. The highest BCUT2D eigenvalue weighted by Crippen LogP contribution is 2.03. The molecule has 0 bridgehead atoms. The zero-order valence-electron chi connectivity index (χ0n) is 9.80. The third-order valence-electron chi connectivity index (χ3n) is 2.08. The summed E-state index contributed by atoms with van der Waals surface area (Å²) in [6.45, 7) is 7.57. The molecule has 6 nitrogen and oxygen atoms in total. The minimum absolute atomic E-state index is 0.00357. The lowest BCUT2D eigenvalue weighted by molar-refractivity contribution is 0.0689. The van der Waals surface area contributed by atoms with Gasteiger partial charge in [-0.05, 0) is 12.8 Å². The first kappa shape index (κ1) is 12.6. The molecule has 90 valence electrons. The summed E-state index contributed by atoms with van der Waals surface area (Å²) >= 11 is 0. The summed E-state index contributed by atoms with van der Waals surface area (Å²) in [5.74, 6) is -0.557. The molecule has 0 radical (unpaired) electrons. The number of nitrogens with zero attached hydrogens (tertiary/aromatic N) is 3. The number of hydrogen-bond donors (Lipinski definition) is 1. The number of carboxylic acid groups (broad SMARTS) is 1. The van der Waals surface area contributed by atoms with Gasteiger partial charge in [-0.1, -0.05) is 19.1 Å². The molecular weight excluding hydrogens is 210 g/mol. The fourth-order valence-corrected chi connectivity index (χ4v) is 1.24. The number of aromatic nitrogens is 3. The first-order valence-corrected chi connectivity index (χ1v) is 5.23. The largest absolute Gasteiger partial charge is 0.476 e. The summed E-state index contributed by atoms with van der Waals surface area (Å²) in [4.78, 5) is 10.7. The molecule has 0 aromatic carbocycles. The van der Waals surface area contributed by atoms with Crippen molar-refractivity contribution in [3.8, 4) is 0 Å². The second-order valence-electron chi connectivity index (χ2n) is 4.02. The van der Waals surface area contributed by atoms with E-state index in [1.54, 1.807) is 11.6 Å². The van der Waals surface area contributed by atoms with Crippen LogP contribution in [0.25, 0.3) is 0 Å². The lowest BCUT2D eigenvalue weighted by Gasteiger charge is -2.07. The highest BCUT2D eigenvalue weighted by Gasteiger charge is 2.14. The Morgan fingerprint density at radius 2 is 2.25 bits per heavy atom. The van der Waals surface area contributed by atoms with Gasteiger partial charge in [0, 0.05) is 6.61 Å². The Labute approximate surface area is 94.2 Å². The van der Waals surface area contributed by atoms with E-state index < -0.39 is 5.97 Å². The number of rotatable bonds is 6. The van der Waals surface area contributed by atoms with Crippen molar-refractivity contribution < 1.29 is 14.6 Å². The van der Waals surface area contributed by atoms with Crippen LogP contribution in [0.4, 0.5) is 0 Å². The molecule has 0 unspecified atom stereocenters. The summed E-state index contributed by atoms with van der Waals surface area (Å²) in [5, 5.41) is 16.1. The Kier molecular flexibility index (Phi) is 4.42. The van der Waals surface area contributed by atoms with E-state index in [0.717, 1.165) is 0 Å². The molecule has 0 aliphatic carbocycles. The number of ether oxygens (including phenoxy) is 1. The number of hydrogen-bond acceptors (Lipinski definition) is 4. The van der Waals surface area contributed by atoms with Crippen molar-refractivity contribution in [2.24, 2.45) is 5.92 Å². The van der Waals surface area contributed by atoms with Gasteiger partial charge in [-0.3, -0.25) is 0 Å². The van der Waals surface area contributed by atoms with Gasteiger partial charge in [-0.2, -0.15) is 0 Å². The number of carboxylic acids is 1. The van der Waals surface area contributed by atoms with E-state index in [9.17, 15) is 4.79 Å². The SMILES string of the molecule is Cc1c(C(=O)O)nnn1CCOCC(C)C. The molecule has 0 spiro atoms. The van der Waals surface area contributed by atoms with Crippen molar-refractivity contribution in [2.45, 2.75) is 27.3 Å². The summed E-state index contributed by atoms with van der Waals surface area (Å²) < 4.78 is 6.93. The van der Waals surface area contributed by atoms with Crippen molar-refractivity contribution in [3.63, 3.8) is 0 Å². The number of carbonyl (C=O) groups is 1. The van der Waals surface area contributed by atoms with Gasteiger partial charge < -0.3 is 9.84 Å². The first-order valence-electron chi connectivity index (χ1n) is 5.23. The first-order chi connectivity index (χ1) is 7.52. The second-order valence-corrected chi connectivity index (χ2v) is 4.02. The Balaban J connectivity index is 2.46. The van der Waals surface area contributed by atoms with Gasteiger partial charge in [0.1, 0.15) is 0 Å². The van der Waals surface area contributed by atoms with Crippen LogP contribution in [0.3, 0.4) is 0 Å². The Morgan fingerprint density at radius 3 is 2.75 bits per heavy atom. The highest BCUT2D eigenvalue weighted by atomic mass is 16.5. The maximum atomic E-state index is 10.7. The van der Waals surface area contributed by atoms with Crippen molar-refractivity contribution in [3.05, 3.63) is 11.4 Å². The van der Waals surface area contributed by atoms with Crippen LogP contribution in [-0.4, -0.2) is 39.3 Å². The lowest BCUT2D eigenvalue weighted by Crippen LogP contribution is -2.12. The number of aromatic carboxylic acids is 1. The van der Waals surface area contributed by atoms with Gasteiger partial charge in [0.05, 0.1) is 18.8 Å². The van der Waals surface area contributed by atoms with Gasteiger partial charge >= 0.3 is 5.97 Å². The zero-order chi connectivity index (χ0) is 12.1. The van der Waals surface area contributed by atoms with E-state index in [1.165, 1.54) is 0 Å². The topological polar surface area (TPSA) is 77.2 Å². The van der Waals surface area contributed by atoms with E-state index >= 15 is 0 Å². The molecule has 1 aromatic rings. The van der Waals surface area contributed by atoms with Crippen LogP contribution in [0.2, 0.25) is 0 Å². The molecule has 0 saturated carbocycles. The molecular formula is C10H17N3O3. The third-order valence-corrected chi connectivity index (χ3v) is 2.08. The Morgan fingerprint density at radius 1 is 1.56 bits per heavy atom. The molecule has 1 aromatic heterocycles. The van der Waals surface area contributed by atoms with Crippen LogP contribution in [0.15, 0.2) is 0 Å². The molecule has 0 atom stereocenters. The molecule has 1 heterocycles. The monoisotopic (exact) mass is 227 g/mol. The van der Waals surface area contributed by atoms with E-state index in [1.807, 2.05) is 0 Å². The Bertz CT molecular complexity index is 360. The van der Waals surface area contributed by atoms with Crippen LogP contribution in [0.5, 0.6) is 0 Å².